The zero-order valence-electron chi connectivity index (χ0n) is 10.9. The van der Waals surface area contributed by atoms with Crippen LogP contribution in [0.25, 0.3) is 0 Å². The second kappa shape index (κ2) is 7.04. The zero-order valence-corrected chi connectivity index (χ0v) is 11.7. The fraction of sp³-hybridized carbons (Fsp3) is 0.133. The minimum absolute atomic E-state index is 0.0301. The number of hydrogen-bond acceptors (Lipinski definition) is 2. The maximum Gasteiger partial charge on any atom is 0.252 e. The number of benzene rings is 2. The summed E-state index contributed by atoms with van der Waals surface area (Å²) in [6.07, 6.45) is 0. The van der Waals surface area contributed by atoms with Crippen LogP contribution in [0.4, 0.5) is 8.78 Å². The van der Waals surface area contributed by atoms with Crippen LogP contribution < -0.4 is 10.1 Å². The molecule has 0 aromatic heterocycles. The summed E-state index contributed by atoms with van der Waals surface area (Å²) in [5.74, 6) is -1.31. The molecule has 0 spiro atoms. The van der Waals surface area contributed by atoms with Gasteiger partial charge in [0, 0.05) is 0 Å². The molecule has 0 unspecified atom stereocenters. The minimum atomic E-state index is -0.514. The van der Waals surface area contributed by atoms with E-state index in [2.05, 4.69) is 5.32 Å². The molecule has 0 fully saturated rings. The first-order chi connectivity index (χ1) is 10.1. The summed E-state index contributed by atoms with van der Waals surface area (Å²) in [4.78, 5) is 11.8. The van der Waals surface area contributed by atoms with Crippen molar-refractivity contribution in [1.29, 1.82) is 0 Å². The van der Waals surface area contributed by atoms with Gasteiger partial charge in [-0.15, -0.1) is 0 Å². The van der Waals surface area contributed by atoms with Crippen LogP contribution in [-0.2, 0) is 0 Å². The highest BCUT2D eigenvalue weighted by Crippen LogP contribution is 2.17. The highest BCUT2D eigenvalue weighted by molar-refractivity contribution is 6.33. The summed E-state index contributed by atoms with van der Waals surface area (Å²) >= 11 is 5.77. The van der Waals surface area contributed by atoms with E-state index >= 15 is 0 Å². The number of amides is 1. The molecule has 0 radical (unpaired) electrons. The Morgan fingerprint density at radius 3 is 2.67 bits per heavy atom. The van der Waals surface area contributed by atoms with Crippen LogP contribution >= 0.6 is 11.6 Å². The van der Waals surface area contributed by atoms with Crippen LogP contribution in [0, 0.1) is 11.6 Å². The number of halogens is 3. The van der Waals surface area contributed by atoms with Gasteiger partial charge in [-0.1, -0.05) is 23.7 Å². The van der Waals surface area contributed by atoms with Gasteiger partial charge in [-0.05, 0) is 30.3 Å². The van der Waals surface area contributed by atoms with Crippen LogP contribution in [0.3, 0.4) is 0 Å². The van der Waals surface area contributed by atoms with Crippen LogP contribution in [-0.4, -0.2) is 19.1 Å². The summed E-state index contributed by atoms with van der Waals surface area (Å²) in [6, 6.07) is 9.49. The van der Waals surface area contributed by atoms with E-state index in [4.69, 9.17) is 16.3 Å². The van der Waals surface area contributed by atoms with Crippen molar-refractivity contribution in [3.05, 3.63) is 64.7 Å². The van der Waals surface area contributed by atoms with Crippen LogP contribution in [0.1, 0.15) is 10.4 Å². The number of carbonyl (C=O) groups is 1. The van der Waals surface area contributed by atoms with Gasteiger partial charge in [0.25, 0.3) is 5.91 Å². The Bertz CT molecular complexity index is 649. The third-order valence-corrected chi connectivity index (χ3v) is 2.97. The lowest BCUT2D eigenvalue weighted by Gasteiger charge is -2.09. The average molecular weight is 312 g/mol. The van der Waals surface area contributed by atoms with E-state index in [-0.39, 0.29) is 29.5 Å². The Labute approximate surface area is 125 Å². The van der Waals surface area contributed by atoms with Gasteiger partial charge in [-0.3, -0.25) is 4.79 Å². The standard InChI is InChI=1S/C15H12ClF2NO2/c16-12-9-10(17)5-6-11(12)15(20)19-7-8-21-14-4-2-1-3-13(14)18/h1-6,9H,7-8H2,(H,19,20). The molecule has 2 aromatic rings. The lowest BCUT2D eigenvalue weighted by Crippen LogP contribution is -2.28. The van der Waals surface area contributed by atoms with Crippen molar-refractivity contribution < 1.29 is 18.3 Å². The SMILES string of the molecule is O=C(NCCOc1ccccc1F)c1ccc(F)cc1Cl. The number of para-hydroxylation sites is 1. The summed E-state index contributed by atoms with van der Waals surface area (Å²) in [6.45, 7) is 0.270. The van der Waals surface area contributed by atoms with Gasteiger partial charge in [0.05, 0.1) is 17.1 Å². The monoisotopic (exact) mass is 311 g/mol. The molecule has 0 aliphatic carbocycles. The Morgan fingerprint density at radius 1 is 1.19 bits per heavy atom. The minimum Gasteiger partial charge on any atom is -0.489 e. The van der Waals surface area contributed by atoms with Crippen molar-refractivity contribution in [2.45, 2.75) is 0 Å². The third kappa shape index (κ3) is 4.16. The Kier molecular flexibility index (Phi) is 5.11. The number of carbonyl (C=O) groups excluding carboxylic acids is 1. The zero-order chi connectivity index (χ0) is 15.2. The van der Waals surface area contributed by atoms with Gasteiger partial charge >= 0.3 is 0 Å². The molecular weight excluding hydrogens is 300 g/mol. The molecule has 1 amide bonds. The third-order valence-electron chi connectivity index (χ3n) is 2.66. The molecule has 0 bridgehead atoms. The van der Waals surface area contributed by atoms with Crippen LogP contribution in [0.5, 0.6) is 5.75 Å². The van der Waals surface area contributed by atoms with Gasteiger partial charge in [-0.25, -0.2) is 8.78 Å². The highest BCUT2D eigenvalue weighted by atomic mass is 35.5. The Balaban J connectivity index is 1.83. The van der Waals surface area contributed by atoms with Crippen LogP contribution in [0.2, 0.25) is 5.02 Å². The first-order valence-corrected chi connectivity index (χ1v) is 6.56. The van der Waals surface area contributed by atoms with Gasteiger partial charge in [-0.2, -0.15) is 0 Å². The topological polar surface area (TPSA) is 38.3 Å². The first kappa shape index (κ1) is 15.3. The molecule has 3 nitrogen and oxygen atoms in total. The Morgan fingerprint density at radius 2 is 1.95 bits per heavy atom. The van der Waals surface area contributed by atoms with Crippen molar-refractivity contribution in [2.24, 2.45) is 0 Å². The predicted molar refractivity (Wildman–Crippen MR) is 75.6 cm³/mol. The van der Waals surface area contributed by atoms with E-state index in [0.717, 1.165) is 12.1 Å². The number of nitrogens with one attached hydrogen (secondary N) is 1. The number of ether oxygens (including phenoxy) is 1. The molecule has 2 aromatic carbocycles. The van der Waals surface area contributed by atoms with E-state index in [1.54, 1.807) is 12.1 Å². The summed E-state index contributed by atoms with van der Waals surface area (Å²) in [5.41, 5.74) is 0.170. The summed E-state index contributed by atoms with van der Waals surface area (Å²) in [7, 11) is 0. The lowest BCUT2D eigenvalue weighted by atomic mass is 10.2. The quantitative estimate of drug-likeness (QED) is 0.859. The molecule has 0 saturated heterocycles. The normalized spacial score (nSPS) is 10.2. The average Bonchev–Trinajstić information content (AvgIpc) is 2.45. The molecule has 2 rings (SSSR count). The van der Waals surface area contributed by atoms with Gasteiger partial charge < -0.3 is 10.1 Å². The smallest absolute Gasteiger partial charge is 0.252 e. The molecular formula is C15H12ClF2NO2. The summed E-state index contributed by atoms with van der Waals surface area (Å²) in [5, 5.41) is 2.59. The van der Waals surface area contributed by atoms with Gasteiger partial charge in [0.1, 0.15) is 12.4 Å². The highest BCUT2D eigenvalue weighted by Gasteiger charge is 2.10. The van der Waals surface area contributed by atoms with Crippen molar-refractivity contribution in [3.63, 3.8) is 0 Å². The maximum atomic E-state index is 13.3. The van der Waals surface area contributed by atoms with E-state index in [0.29, 0.717) is 0 Å². The predicted octanol–water partition coefficient (Wildman–Crippen LogP) is 3.43. The molecule has 0 saturated carbocycles. The first-order valence-electron chi connectivity index (χ1n) is 6.18. The van der Waals surface area contributed by atoms with E-state index in [1.165, 1.54) is 18.2 Å². The van der Waals surface area contributed by atoms with Crippen molar-refractivity contribution >= 4 is 17.5 Å². The molecule has 110 valence electrons. The maximum absolute atomic E-state index is 13.3. The fourth-order valence-corrected chi connectivity index (χ4v) is 1.91. The molecule has 21 heavy (non-hydrogen) atoms. The molecule has 0 aliphatic rings. The van der Waals surface area contributed by atoms with E-state index in [9.17, 15) is 13.6 Å². The van der Waals surface area contributed by atoms with Gasteiger partial charge in [0.2, 0.25) is 0 Å². The van der Waals surface area contributed by atoms with Crippen LogP contribution in [0.15, 0.2) is 42.5 Å². The van der Waals surface area contributed by atoms with Crippen molar-refractivity contribution in [1.82, 2.24) is 5.32 Å². The number of hydrogen-bond donors (Lipinski definition) is 1. The molecule has 0 heterocycles. The fourth-order valence-electron chi connectivity index (χ4n) is 1.66. The molecule has 0 atom stereocenters. The van der Waals surface area contributed by atoms with E-state index in [1.807, 2.05) is 0 Å². The number of rotatable bonds is 5. The molecule has 0 aliphatic heterocycles. The second-order valence-corrected chi connectivity index (χ2v) is 4.57. The molecule has 1 N–H and O–H groups in total. The summed E-state index contributed by atoms with van der Waals surface area (Å²) < 4.78 is 31.3. The lowest BCUT2D eigenvalue weighted by molar-refractivity contribution is 0.0947. The van der Waals surface area contributed by atoms with Crippen molar-refractivity contribution in [3.8, 4) is 5.75 Å². The van der Waals surface area contributed by atoms with Gasteiger partial charge in [0.15, 0.2) is 11.6 Å². The van der Waals surface area contributed by atoms with E-state index < -0.39 is 17.5 Å². The van der Waals surface area contributed by atoms with Crippen molar-refractivity contribution in [2.75, 3.05) is 13.2 Å². The largest absolute Gasteiger partial charge is 0.489 e. The Hall–Kier alpha value is -2.14. The molecule has 6 heteroatoms. The second-order valence-electron chi connectivity index (χ2n) is 4.16.